The maximum Gasteiger partial charge on any atom is 0.255 e. The largest absolute Gasteiger partial charge is 0.356 e. The summed E-state index contributed by atoms with van der Waals surface area (Å²) in [5.74, 6) is 1.44. The Kier molecular flexibility index (Phi) is 5.01. The van der Waals surface area contributed by atoms with Gasteiger partial charge in [0.2, 0.25) is 0 Å². The van der Waals surface area contributed by atoms with Gasteiger partial charge in [-0.15, -0.1) is 0 Å². The Hall–Kier alpha value is -2.44. The number of piperidine rings is 1. The first-order valence-corrected chi connectivity index (χ1v) is 8.78. The minimum atomic E-state index is -0.0463. The van der Waals surface area contributed by atoms with Crippen LogP contribution in [0.4, 0.5) is 5.82 Å². The smallest absolute Gasteiger partial charge is 0.255 e. The van der Waals surface area contributed by atoms with Crippen LogP contribution in [0.15, 0.2) is 34.4 Å². The molecular weight excluding hydrogens is 318 g/mol. The molecule has 1 fully saturated rings. The van der Waals surface area contributed by atoms with Crippen LogP contribution in [0.5, 0.6) is 0 Å². The average molecular weight is 343 g/mol. The second-order valence-electron chi connectivity index (χ2n) is 7.09. The number of aryl methyl sites for hydroxylation is 1. The normalized spacial score (nSPS) is 15.8. The zero-order valence-electron chi connectivity index (χ0n) is 15.1. The maximum absolute atomic E-state index is 12.2. The van der Waals surface area contributed by atoms with E-state index in [2.05, 4.69) is 14.9 Å². The number of hydrogen-bond acceptors (Lipinski definition) is 5. The lowest BCUT2D eigenvalue weighted by Crippen LogP contribution is -2.37. The van der Waals surface area contributed by atoms with Crippen molar-refractivity contribution in [1.29, 1.82) is 0 Å². The number of nitrogens with zero attached hydrogens (tertiary/aromatic N) is 5. The van der Waals surface area contributed by atoms with Crippen LogP contribution in [0.3, 0.4) is 0 Å². The summed E-state index contributed by atoms with van der Waals surface area (Å²) < 4.78 is 3.18. The molecule has 0 radical (unpaired) electrons. The standard InChI is InChI=1S/C18H25N5O2/c1-13(2)15-8-18(25)23(12-19-15)10-14-4-6-22(7-5-14)16-9-17(24)21(3)11-20-16/h8-9,11-14H,4-7,10H2,1-3H3. The van der Waals surface area contributed by atoms with Gasteiger partial charge in [0.05, 0.1) is 18.3 Å². The van der Waals surface area contributed by atoms with Crippen molar-refractivity contribution in [3.8, 4) is 0 Å². The quantitative estimate of drug-likeness (QED) is 0.838. The first kappa shape index (κ1) is 17.4. The van der Waals surface area contributed by atoms with Gasteiger partial charge in [-0.2, -0.15) is 0 Å². The van der Waals surface area contributed by atoms with Crippen LogP contribution in [0.25, 0.3) is 0 Å². The van der Waals surface area contributed by atoms with Crippen molar-refractivity contribution in [1.82, 2.24) is 19.1 Å². The van der Waals surface area contributed by atoms with Gasteiger partial charge in [-0.1, -0.05) is 13.8 Å². The van der Waals surface area contributed by atoms with E-state index in [1.807, 2.05) is 13.8 Å². The topological polar surface area (TPSA) is 73.0 Å². The summed E-state index contributed by atoms with van der Waals surface area (Å²) >= 11 is 0. The second kappa shape index (κ2) is 7.21. The van der Waals surface area contributed by atoms with E-state index in [-0.39, 0.29) is 17.0 Å². The van der Waals surface area contributed by atoms with E-state index in [0.717, 1.165) is 37.4 Å². The molecule has 2 aromatic heterocycles. The Balaban J connectivity index is 1.62. The van der Waals surface area contributed by atoms with Crippen LogP contribution in [-0.2, 0) is 13.6 Å². The van der Waals surface area contributed by atoms with Crippen molar-refractivity contribution < 1.29 is 0 Å². The molecule has 0 atom stereocenters. The average Bonchev–Trinajstić information content (AvgIpc) is 2.59. The number of rotatable bonds is 4. The lowest BCUT2D eigenvalue weighted by atomic mass is 9.96. The number of hydrogen-bond donors (Lipinski definition) is 0. The van der Waals surface area contributed by atoms with E-state index in [0.29, 0.717) is 12.5 Å². The fourth-order valence-corrected chi connectivity index (χ4v) is 3.14. The molecular formula is C18H25N5O2. The van der Waals surface area contributed by atoms with Crippen LogP contribution in [0, 0.1) is 5.92 Å². The summed E-state index contributed by atoms with van der Waals surface area (Å²) in [5, 5.41) is 0. The molecule has 1 saturated heterocycles. The SMILES string of the molecule is CC(C)c1cc(=O)n(CC2CCN(c3cc(=O)n(C)cn3)CC2)cn1. The fourth-order valence-electron chi connectivity index (χ4n) is 3.14. The Morgan fingerprint density at radius 2 is 1.80 bits per heavy atom. The predicted octanol–water partition coefficient (Wildman–Crippen LogP) is 1.38. The van der Waals surface area contributed by atoms with Crippen LogP contribution in [0.1, 0.15) is 38.3 Å². The molecule has 0 bridgehead atoms. The van der Waals surface area contributed by atoms with Crippen molar-refractivity contribution in [2.75, 3.05) is 18.0 Å². The van der Waals surface area contributed by atoms with Crippen molar-refractivity contribution in [3.63, 3.8) is 0 Å². The molecule has 7 heteroatoms. The molecule has 7 nitrogen and oxygen atoms in total. The van der Waals surface area contributed by atoms with Crippen molar-refractivity contribution in [2.24, 2.45) is 13.0 Å². The molecule has 2 aromatic rings. The molecule has 134 valence electrons. The Morgan fingerprint density at radius 3 is 2.40 bits per heavy atom. The second-order valence-corrected chi connectivity index (χ2v) is 7.09. The summed E-state index contributed by atoms with van der Waals surface area (Å²) in [4.78, 5) is 34.9. The summed E-state index contributed by atoms with van der Waals surface area (Å²) in [6.07, 6.45) is 5.17. The van der Waals surface area contributed by atoms with Gasteiger partial charge >= 0.3 is 0 Å². The molecule has 0 aromatic carbocycles. The fraction of sp³-hybridized carbons (Fsp3) is 0.556. The Morgan fingerprint density at radius 1 is 1.08 bits per heavy atom. The minimum absolute atomic E-state index is 0.0225. The van der Waals surface area contributed by atoms with Gasteiger partial charge in [-0.25, -0.2) is 9.97 Å². The van der Waals surface area contributed by atoms with Gasteiger partial charge in [-0.3, -0.25) is 14.2 Å². The molecule has 3 rings (SSSR count). The third-order valence-electron chi connectivity index (χ3n) is 4.85. The highest BCUT2D eigenvalue weighted by molar-refractivity contribution is 5.37. The van der Waals surface area contributed by atoms with Crippen LogP contribution >= 0.6 is 0 Å². The van der Waals surface area contributed by atoms with E-state index in [9.17, 15) is 9.59 Å². The molecule has 0 amide bonds. The number of aromatic nitrogens is 4. The third-order valence-corrected chi connectivity index (χ3v) is 4.85. The molecule has 1 aliphatic heterocycles. The van der Waals surface area contributed by atoms with E-state index in [4.69, 9.17) is 0 Å². The van der Waals surface area contributed by atoms with Crippen molar-refractivity contribution >= 4 is 5.82 Å². The van der Waals surface area contributed by atoms with E-state index >= 15 is 0 Å². The number of anilines is 1. The first-order chi connectivity index (χ1) is 11.9. The molecule has 25 heavy (non-hydrogen) atoms. The molecule has 0 N–H and O–H groups in total. The van der Waals surface area contributed by atoms with Gasteiger partial charge in [0.25, 0.3) is 11.1 Å². The van der Waals surface area contributed by atoms with Crippen LogP contribution in [-0.4, -0.2) is 32.2 Å². The highest BCUT2D eigenvalue weighted by atomic mass is 16.1. The van der Waals surface area contributed by atoms with E-state index in [1.165, 1.54) is 4.57 Å². The molecule has 1 aliphatic rings. The molecule has 3 heterocycles. The van der Waals surface area contributed by atoms with Gasteiger partial charge in [0.1, 0.15) is 5.82 Å². The van der Waals surface area contributed by atoms with Crippen LogP contribution in [0.2, 0.25) is 0 Å². The molecule has 0 unspecified atom stereocenters. The molecule has 0 aliphatic carbocycles. The highest BCUT2D eigenvalue weighted by Gasteiger charge is 2.21. The summed E-state index contributed by atoms with van der Waals surface area (Å²) in [6, 6.07) is 3.23. The van der Waals surface area contributed by atoms with Crippen molar-refractivity contribution in [3.05, 3.63) is 51.2 Å². The van der Waals surface area contributed by atoms with Gasteiger partial charge in [0.15, 0.2) is 0 Å². The lowest BCUT2D eigenvalue weighted by molar-refractivity contribution is 0.349. The molecule has 0 spiro atoms. The third kappa shape index (κ3) is 3.97. The minimum Gasteiger partial charge on any atom is -0.356 e. The van der Waals surface area contributed by atoms with Gasteiger partial charge in [0, 0.05) is 38.8 Å². The van der Waals surface area contributed by atoms with Gasteiger partial charge < -0.3 is 9.47 Å². The Bertz CT molecular complexity index is 847. The zero-order valence-corrected chi connectivity index (χ0v) is 15.1. The lowest BCUT2D eigenvalue weighted by Gasteiger charge is -2.32. The van der Waals surface area contributed by atoms with E-state index in [1.54, 1.807) is 36.4 Å². The van der Waals surface area contributed by atoms with Crippen LogP contribution < -0.4 is 16.0 Å². The predicted molar refractivity (Wildman–Crippen MR) is 97.0 cm³/mol. The summed E-state index contributed by atoms with van der Waals surface area (Å²) in [5.41, 5.74) is 0.817. The summed E-state index contributed by atoms with van der Waals surface area (Å²) in [6.45, 7) is 6.45. The zero-order chi connectivity index (χ0) is 18.0. The summed E-state index contributed by atoms with van der Waals surface area (Å²) in [7, 11) is 1.70. The first-order valence-electron chi connectivity index (χ1n) is 8.78. The highest BCUT2D eigenvalue weighted by Crippen LogP contribution is 2.22. The van der Waals surface area contributed by atoms with Gasteiger partial charge in [-0.05, 0) is 24.7 Å². The maximum atomic E-state index is 12.2. The van der Waals surface area contributed by atoms with Crippen molar-refractivity contribution in [2.45, 2.75) is 39.2 Å². The molecule has 0 saturated carbocycles. The monoisotopic (exact) mass is 343 g/mol. The Labute approximate surface area is 147 Å². The van der Waals surface area contributed by atoms with E-state index < -0.39 is 0 Å².